The van der Waals surface area contributed by atoms with E-state index in [1.807, 2.05) is 23.9 Å². The molecule has 0 unspecified atom stereocenters. The van der Waals surface area contributed by atoms with Crippen molar-refractivity contribution in [3.8, 4) is 11.1 Å². The minimum Gasteiger partial charge on any atom is -0.478 e. The maximum Gasteiger partial charge on any atom is 0.335 e. The summed E-state index contributed by atoms with van der Waals surface area (Å²) in [5.74, 6) is -0.893. The predicted octanol–water partition coefficient (Wildman–Crippen LogP) is 2.97. The Bertz CT molecular complexity index is 573. The third-order valence-corrected chi connectivity index (χ3v) is 2.96. The second-order valence-corrected chi connectivity index (χ2v) is 4.28. The van der Waals surface area contributed by atoms with E-state index in [4.69, 9.17) is 5.11 Å². The van der Waals surface area contributed by atoms with Crippen molar-refractivity contribution in [1.82, 2.24) is 9.78 Å². The van der Waals surface area contributed by atoms with Crippen LogP contribution < -0.4 is 0 Å². The average Bonchev–Trinajstić information content (AvgIpc) is 2.78. The van der Waals surface area contributed by atoms with Crippen molar-refractivity contribution in [1.29, 1.82) is 0 Å². The summed E-state index contributed by atoms with van der Waals surface area (Å²) in [7, 11) is 0. The number of aromatic carboxylic acids is 1. The molecule has 1 aromatic carbocycles. The first kappa shape index (κ1) is 12.4. The molecule has 0 aliphatic heterocycles. The molecular weight excluding hydrogens is 228 g/mol. The van der Waals surface area contributed by atoms with Crippen molar-refractivity contribution in [2.45, 2.75) is 26.8 Å². The molecule has 0 aliphatic rings. The van der Waals surface area contributed by atoms with Crippen LogP contribution >= 0.6 is 0 Å². The van der Waals surface area contributed by atoms with Gasteiger partial charge in [0.25, 0.3) is 0 Å². The summed E-state index contributed by atoms with van der Waals surface area (Å²) in [5.41, 5.74) is 3.01. The van der Waals surface area contributed by atoms with Crippen molar-refractivity contribution in [3.05, 3.63) is 41.7 Å². The van der Waals surface area contributed by atoms with E-state index in [-0.39, 0.29) is 0 Å². The zero-order valence-electron chi connectivity index (χ0n) is 10.6. The van der Waals surface area contributed by atoms with E-state index in [0.29, 0.717) is 5.56 Å². The number of carbonyl (C=O) groups is 1. The summed E-state index contributed by atoms with van der Waals surface area (Å²) in [6, 6.07) is 5.32. The van der Waals surface area contributed by atoms with Gasteiger partial charge in [0, 0.05) is 18.3 Å². The first-order valence-corrected chi connectivity index (χ1v) is 5.99. The van der Waals surface area contributed by atoms with E-state index < -0.39 is 5.97 Å². The summed E-state index contributed by atoms with van der Waals surface area (Å²) >= 11 is 0. The third kappa shape index (κ3) is 2.27. The van der Waals surface area contributed by atoms with Crippen molar-refractivity contribution >= 4 is 5.97 Å². The molecule has 1 heterocycles. The van der Waals surface area contributed by atoms with Crippen LogP contribution in [0.5, 0.6) is 0 Å². The molecule has 0 saturated carbocycles. The molecule has 1 N–H and O–H groups in total. The molecule has 4 nitrogen and oxygen atoms in total. The van der Waals surface area contributed by atoms with Crippen LogP contribution in [0.1, 0.15) is 29.3 Å². The molecule has 0 fully saturated rings. The Kier molecular flexibility index (Phi) is 3.46. The van der Waals surface area contributed by atoms with E-state index in [0.717, 1.165) is 29.7 Å². The van der Waals surface area contributed by atoms with Gasteiger partial charge in [-0.3, -0.25) is 4.68 Å². The number of benzene rings is 1. The molecule has 0 aliphatic carbocycles. The number of carboxylic acids is 1. The first-order valence-electron chi connectivity index (χ1n) is 5.99. The van der Waals surface area contributed by atoms with Crippen molar-refractivity contribution in [2.75, 3.05) is 0 Å². The average molecular weight is 244 g/mol. The maximum atomic E-state index is 11.1. The van der Waals surface area contributed by atoms with E-state index in [2.05, 4.69) is 12.0 Å². The Balaban J connectivity index is 2.43. The van der Waals surface area contributed by atoms with Gasteiger partial charge in [-0.1, -0.05) is 19.1 Å². The lowest BCUT2D eigenvalue weighted by Crippen LogP contribution is -2.00. The van der Waals surface area contributed by atoms with Crippen LogP contribution in [0, 0.1) is 6.92 Å². The van der Waals surface area contributed by atoms with Gasteiger partial charge in [0.1, 0.15) is 0 Å². The van der Waals surface area contributed by atoms with E-state index in [9.17, 15) is 4.79 Å². The van der Waals surface area contributed by atoms with Crippen LogP contribution in [0.2, 0.25) is 0 Å². The number of rotatable bonds is 4. The molecule has 2 rings (SSSR count). The number of aromatic nitrogens is 2. The summed E-state index contributed by atoms with van der Waals surface area (Å²) in [4.78, 5) is 11.1. The van der Waals surface area contributed by atoms with Gasteiger partial charge in [-0.05, 0) is 30.5 Å². The van der Waals surface area contributed by atoms with E-state index in [1.165, 1.54) is 0 Å². The Morgan fingerprint density at radius 3 is 2.89 bits per heavy atom. The highest BCUT2D eigenvalue weighted by molar-refractivity contribution is 5.91. The van der Waals surface area contributed by atoms with Crippen LogP contribution in [-0.4, -0.2) is 20.9 Å². The van der Waals surface area contributed by atoms with E-state index >= 15 is 0 Å². The molecule has 0 radical (unpaired) electrons. The normalized spacial score (nSPS) is 10.6. The molecule has 18 heavy (non-hydrogen) atoms. The molecule has 0 spiro atoms. The van der Waals surface area contributed by atoms with Gasteiger partial charge >= 0.3 is 5.97 Å². The van der Waals surface area contributed by atoms with Crippen molar-refractivity contribution in [2.24, 2.45) is 0 Å². The minimum atomic E-state index is -0.893. The summed E-state index contributed by atoms with van der Waals surface area (Å²) in [6.07, 6.45) is 4.76. The van der Waals surface area contributed by atoms with Gasteiger partial charge in [-0.2, -0.15) is 5.10 Å². The lowest BCUT2D eigenvalue weighted by Gasteiger charge is -2.06. The molecule has 0 saturated heterocycles. The number of hydrogen-bond donors (Lipinski definition) is 1. The fraction of sp³-hybridized carbons (Fsp3) is 0.286. The molecule has 0 bridgehead atoms. The third-order valence-electron chi connectivity index (χ3n) is 2.96. The zero-order chi connectivity index (χ0) is 13.1. The van der Waals surface area contributed by atoms with Gasteiger partial charge in [-0.25, -0.2) is 4.79 Å². The fourth-order valence-corrected chi connectivity index (χ4v) is 2.03. The zero-order valence-corrected chi connectivity index (χ0v) is 10.6. The molecule has 2 aromatic rings. The first-order chi connectivity index (χ1) is 8.63. The summed E-state index contributed by atoms with van der Waals surface area (Å²) < 4.78 is 1.88. The van der Waals surface area contributed by atoms with Crippen LogP contribution in [0.15, 0.2) is 30.6 Å². The lowest BCUT2D eigenvalue weighted by atomic mass is 9.99. The Labute approximate surface area is 106 Å². The smallest absolute Gasteiger partial charge is 0.335 e. The van der Waals surface area contributed by atoms with E-state index in [1.54, 1.807) is 18.3 Å². The van der Waals surface area contributed by atoms with Gasteiger partial charge in [-0.15, -0.1) is 0 Å². The molecule has 1 aromatic heterocycles. The number of aryl methyl sites for hydroxylation is 1. The Morgan fingerprint density at radius 1 is 1.44 bits per heavy atom. The second kappa shape index (κ2) is 5.04. The highest BCUT2D eigenvalue weighted by Crippen LogP contribution is 2.25. The molecule has 0 amide bonds. The molecule has 0 atom stereocenters. The lowest BCUT2D eigenvalue weighted by molar-refractivity contribution is 0.0696. The van der Waals surface area contributed by atoms with Crippen LogP contribution in [-0.2, 0) is 6.54 Å². The van der Waals surface area contributed by atoms with Crippen LogP contribution in [0.4, 0.5) is 0 Å². The highest BCUT2D eigenvalue weighted by Gasteiger charge is 2.12. The quantitative estimate of drug-likeness (QED) is 0.899. The minimum absolute atomic E-state index is 0.343. The Hall–Kier alpha value is -2.10. The Morgan fingerprint density at radius 2 is 2.22 bits per heavy atom. The number of carboxylic acid groups (broad SMARTS) is 1. The summed E-state index contributed by atoms with van der Waals surface area (Å²) in [6.45, 7) is 4.80. The monoisotopic (exact) mass is 244 g/mol. The maximum absolute atomic E-state index is 11.1. The highest BCUT2D eigenvalue weighted by atomic mass is 16.4. The van der Waals surface area contributed by atoms with Gasteiger partial charge in [0.15, 0.2) is 0 Å². The number of hydrogen-bond acceptors (Lipinski definition) is 2. The largest absolute Gasteiger partial charge is 0.478 e. The fourth-order valence-electron chi connectivity index (χ4n) is 2.03. The van der Waals surface area contributed by atoms with Gasteiger partial charge < -0.3 is 5.11 Å². The van der Waals surface area contributed by atoms with Gasteiger partial charge in [0.05, 0.1) is 11.8 Å². The van der Waals surface area contributed by atoms with Crippen LogP contribution in [0.25, 0.3) is 11.1 Å². The van der Waals surface area contributed by atoms with Crippen molar-refractivity contribution < 1.29 is 9.90 Å². The van der Waals surface area contributed by atoms with Crippen LogP contribution in [0.3, 0.4) is 0 Å². The predicted molar refractivity (Wildman–Crippen MR) is 69.7 cm³/mol. The standard InChI is InChI=1S/C14H16N2O2/c1-3-7-16-9-11(8-15-16)12-5-4-6-13(10(12)2)14(17)18/h4-6,8-9H,3,7H2,1-2H3,(H,17,18). The molecule has 4 heteroatoms. The SMILES string of the molecule is CCCn1cc(-c2cccc(C(=O)O)c2C)cn1. The second-order valence-electron chi connectivity index (χ2n) is 4.28. The molecular formula is C14H16N2O2. The van der Waals surface area contributed by atoms with Crippen molar-refractivity contribution in [3.63, 3.8) is 0 Å². The van der Waals surface area contributed by atoms with Gasteiger partial charge in [0.2, 0.25) is 0 Å². The topological polar surface area (TPSA) is 55.1 Å². The summed E-state index contributed by atoms with van der Waals surface area (Å²) in [5, 5.41) is 13.4. The molecule has 94 valence electrons. The number of nitrogens with zero attached hydrogens (tertiary/aromatic N) is 2.